The van der Waals surface area contributed by atoms with Gasteiger partial charge in [-0.25, -0.2) is 0 Å². The number of rotatable bonds is 14. The number of hydrogen-bond donors (Lipinski definition) is 6. The van der Waals surface area contributed by atoms with Crippen molar-refractivity contribution in [2.45, 2.75) is 57.3 Å². The maximum Gasteiger partial charge on any atom is 0.303 e. The Hall–Kier alpha value is -4.97. The number of carbonyl (C=O) groups is 5. The Kier molecular flexibility index (Phi) is 11.6. The molecule has 4 atom stereocenters. The van der Waals surface area contributed by atoms with Gasteiger partial charge in [-0.1, -0.05) is 54.6 Å². The fourth-order valence-corrected chi connectivity index (χ4v) is 4.30. The summed E-state index contributed by atoms with van der Waals surface area (Å²) >= 11 is 0. The molecular weight excluding hydrogens is 554 g/mol. The number of nitrogens with two attached hydrogens (primary N) is 1. The first-order valence-electron chi connectivity index (χ1n) is 13.8. The largest absolute Gasteiger partial charge is 0.496 e. The first-order chi connectivity index (χ1) is 20.5. The highest BCUT2D eigenvalue weighted by Crippen LogP contribution is 2.29. The number of hydrogen-bond acceptors (Lipinski definition) is 7. The predicted molar refractivity (Wildman–Crippen MR) is 161 cm³/mol. The summed E-state index contributed by atoms with van der Waals surface area (Å²) in [5.74, 6) is -2.94. The second kappa shape index (κ2) is 15.3. The van der Waals surface area contributed by atoms with Crippen molar-refractivity contribution in [1.82, 2.24) is 16.0 Å². The van der Waals surface area contributed by atoms with Crippen molar-refractivity contribution >= 4 is 46.1 Å². The fourth-order valence-electron chi connectivity index (χ4n) is 4.30. The Morgan fingerprint density at radius 1 is 0.814 bits per heavy atom. The zero-order chi connectivity index (χ0) is 31.5. The number of carboxylic acids is 1. The van der Waals surface area contributed by atoms with E-state index in [1.54, 1.807) is 13.2 Å². The number of methoxy groups -OCH3 is 1. The van der Waals surface area contributed by atoms with Gasteiger partial charge in [-0.3, -0.25) is 24.0 Å². The first kappa shape index (κ1) is 32.5. The molecule has 12 heteroatoms. The van der Waals surface area contributed by atoms with Gasteiger partial charge in [0.1, 0.15) is 23.9 Å². The highest BCUT2D eigenvalue weighted by molar-refractivity contribution is 6.01. The lowest BCUT2D eigenvalue weighted by atomic mass is 10.0. The number of carbonyl (C=O) groups excluding carboxylic acids is 4. The average molecular weight is 592 g/mol. The number of aliphatic carboxylic acids is 1. The molecule has 43 heavy (non-hydrogen) atoms. The molecule has 0 radical (unpaired) electrons. The maximum absolute atomic E-state index is 13.5. The van der Waals surface area contributed by atoms with Crippen LogP contribution in [0, 0.1) is 0 Å². The maximum atomic E-state index is 13.5. The lowest BCUT2D eigenvalue weighted by Gasteiger charge is -2.23. The van der Waals surface area contributed by atoms with Crippen LogP contribution in [0.1, 0.15) is 32.3 Å². The van der Waals surface area contributed by atoms with Crippen LogP contribution in [0.3, 0.4) is 0 Å². The zero-order valence-corrected chi connectivity index (χ0v) is 24.3. The molecule has 7 N–H and O–H groups in total. The van der Waals surface area contributed by atoms with Crippen molar-refractivity contribution < 1.29 is 33.8 Å². The molecule has 0 bridgehead atoms. The van der Waals surface area contributed by atoms with Gasteiger partial charge in [0, 0.05) is 30.0 Å². The van der Waals surface area contributed by atoms with Crippen LogP contribution in [0.25, 0.3) is 10.8 Å². The van der Waals surface area contributed by atoms with E-state index in [-0.39, 0.29) is 19.3 Å². The summed E-state index contributed by atoms with van der Waals surface area (Å²) in [6, 6.07) is 16.0. The van der Waals surface area contributed by atoms with Gasteiger partial charge in [0.25, 0.3) is 0 Å². The summed E-state index contributed by atoms with van der Waals surface area (Å²) in [4.78, 5) is 62.2. The smallest absolute Gasteiger partial charge is 0.303 e. The van der Waals surface area contributed by atoms with Crippen LogP contribution in [0.4, 0.5) is 5.69 Å². The molecule has 0 saturated heterocycles. The highest BCUT2D eigenvalue weighted by Gasteiger charge is 2.27. The predicted octanol–water partition coefficient (Wildman–Crippen LogP) is 1.72. The van der Waals surface area contributed by atoms with Crippen molar-refractivity contribution in [3.8, 4) is 5.75 Å². The SMILES string of the molecule is COc1cc(NC(=O)[C@H](Cc2ccccc2)NC(=O)[C@H](C)NC(=O)[C@H](C)NC(=O)[C@@H](N)CCC(=O)O)cc2ccccc12. The normalized spacial score (nSPS) is 13.6. The molecule has 3 aromatic rings. The Balaban J connectivity index is 1.68. The minimum Gasteiger partial charge on any atom is -0.496 e. The molecule has 0 fully saturated rings. The molecule has 0 spiro atoms. The third kappa shape index (κ3) is 9.54. The third-order valence-corrected chi connectivity index (χ3v) is 6.74. The minimum absolute atomic E-state index is 0.0921. The van der Waals surface area contributed by atoms with Crippen LogP contribution in [0.15, 0.2) is 66.7 Å². The third-order valence-electron chi connectivity index (χ3n) is 6.74. The lowest BCUT2D eigenvalue weighted by Crippen LogP contribution is -2.56. The van der Waals surface area contributed by atoms with Crippen LogP contribution in [-0.4, -0.2) is 66.0 Å². The van der Waals surface area contributed by atoms with E-state index in [2.05, 4.69) is 21.3 Å². The number of amides is 4. The lowest BCUT2D eigenvalue weighted by molar-refractivity contribution is -0.137. The molecule has 12 nitrogen and oxygen atoms in total. The number of nitrogens with one attached hydrogen (secondary N) is 4. The van der Waals surface area contributed by atoms with Crippen molar-refractivity contribution in [2.24, 2.45) is 5.73 Å². The van der Waals surface area contributed by atoms with Gasteiger partial charge in [-0.2, -0.15) is 0 Å². The summed E-state index contributed by atoms with van der Waals surface area (Å²) in [5.41, 5.74) is 6.99. The highest BCUT2D eigenvalue weighted by atomic mass is 16.5. The van der Waals surface area contributed by atoms with Gasteiger partial charge >= 0.3 is 5.97 Å². The minimum atomic E-state index is -1.10. The van der Waals surface area contributed by atoms with Gasteiger partial charge < -0.3 is 36.8 Å². The van der Waals surface area contributed by atoms with Gasteiger partial charge in [0.2, 0.25) is 23.6 Å². The van der Waals surface area contributed by atoms with E-state index in [4.69, 9.17) is 15.6 Å². The van der Waals surface area contributed by atoms with E-state index in [1.807, 2.05) is 60.7 Å². The van der Waals surface area contributed by atoms with Crippen LogP contribution in [0.5, 0.6) is 5.75 Å². The molecule has 0 saturated carbocycles. The zero-order valence-electron chi connectivity index (χ0n) is 24.3. The summed E-state index contributed by atoms with van der Waals surface area (Å²) in [7, 11) is 1.54. The van der Waals surface area contributed by atoms with E-state index >= 15 is 0 Å². The van der Waals surface area contributed by atoms with Crippen LogP contribution >= 0.6 is 0 Å². The van der Waals surface area contributed by atoms with E-state index < -0.39 is 53.8 Å². The van der Waals surface area contributed by atoms with Gasteiger partial charge in [-0.05, 0) is 37.3 Å². The number of benzene rings is 3. The van der Waals surface area contributed by atoms with Crippen molar-refractivity contribution in [3.05, 3.63) is 72.3 Å². The van der Waals surface area contributed by atoms with Gasteiger partial charge in [0.15, 0.2) is 0 Å². The molecule has 0 aliphatic carbocycles. The van der Waals surface area contributed by atoms with Crippen molar-refractivity contribution in [3.63, 3.8) is 0 Å². The summed E-state index contributed by atoms with van der Waals surface area (Å²) in [6.07, 6.45) is -0.200. The summed E-state index contributed by atoms with van der Waals surface area (Å²) in [5, 5.41) is 21.0. The molecule has 0 aliphatic heterocycles. The van der Waals surface area contributed by atoms with E-state index in [0.29, 0.717) is 11.4 Å². The molecule has 0 unspecified atom stereocenters. The van der Waals surface area contributed by atoms with Crippen molar-refractivity contribution in [2.75, 3.05) is 12.4 Å². The standard InChI is InChI=1S/C31H37N5O7/c1-18(34-30(41)24(32)13-14-27(37)38)28(39)33-19(2)29(40)36-25(15-20-9-5-4-6-10-20)31(42)35-22-16-21-11-7-8-12-23(21)26(17-22)43-3/h4-12,16-19,24-25H,13-15,32H2,1-3H3,(H,33,39)(H,34,41)(H,35,42)(H,36,40)(H,37,38)/t18-,19-,24-,25-/m0/s1. The van der Waals surface area contributed by atoms with Crippen LogP contribution in [-0.2, 0) is 30.4 Å². The number of carboxylic acid groups (broad SMARTS) is 1. The number of ether oxygens (including phenoxy) is 1. The monoisotopic (exact) mass is 591 g/mol. The summed E-state index contributed by atoms with van der Waals surface area (Å²) < 4.78 is 5.50. The first-order valence-corrected chi connectivity index (χ1v) is 13.8. The molecule has 228 valence electrons. The molecule has 4 amide bonds. The van der Waals surface area contributed by atoms with Crippen molar-refractivity contribution in [1.29, 1.82) is 0 Å². The molecule has 3 aromatic carbocycles. The fraction of sp³-hybridized carbons (Fsp3) is 0.323. The number of fused-ring (bicyclic) bond motifs is 1. The van der Waals surface area contributed by atoms with Gasteiger partial charge in [0.05, 0.1) is 13.2 Å². The van der Waals surface area contributed by atoms with E-state index in [0.717, 1.165) is 16.3 Å². The van der Waals surface area contributed by atoms with Gasteiger partial charge in [-0.15, -0.1) is 0 Å². The van der Waals surface area contributed by atoms with E-state index in [1.165, 1.54) is 13.8 Å². The molecule has 0 aromatic heterocycles. The molecule has 0 aliphatic rings. The Morgan fingerprint density at radius 2 is 1.42 bits per heavy atom. The van der Waals surface area contributed by atoms with Crippen LogP contribution < -0.4 is 31.7 Å². The van der Waals surface area contributed by atoms with Crippen LogP contribution in [0.2, 0.25) is 0 Å². The Labute approximate surface area is 249 Å². The van der Waals surface area contributed by atoms with E-state index in [9.17, 15) is 24.0 Å². The molecular formula is C31H37N5O7. The second-order valence-electron chi connectivity index (χ2n) is 10.1. The Morgan fingerprint density at radius 3 is 2.07 bits per heavy atom. The quantitative estimate of drug-likeness (QED) is 0.163. The Bertz CT molecular complexity index is 1460. The average Bonchev–Trinajstić information content (AvgIpc) is 2.99. The topological polar surface area (TPSA) is 189 Å². The number of anilines is 1. The molecule has 0 heterocycles. The second-order valence-corrected chi connectivity index (χ2v) is 10.1. The molecule has 3 rings (SSSR count). The summed E-state index contributed by atoms with van der Waals surface area (Å²) in [6.45, 7) is 2.86.